The van der Waals surface area contributed by atoms with Crippen LogP contribution in [0.1, 0.15) is 61.9 Å². The predicted molar refractivity (Wildman–Crippen MR) is 144 cm³/mol. The van der Waals surface area contributed by atoms with Crippen molar-refractivity contribution >= 4 is 11.0 Å². The molecule has 0 aliphatic heterocycles. The molecule has 2 fully saturated rings. The highest BCUT2D eigenvalue weighted by Gasteiger charge is 2.28. The Kier molecular flexibility index (Phi) is 5.66. The van der Waals surface area contributed by atoms with E-state index < -0.39 is 6.10 Å². The zero-order chi connectivity index (χ0) is 26.7. The highest BCUT2D eigenvalue weighted by atomic mass is 19.1. The van der Waals surface area contributed by atoms with Crippen LogP contribution in [0.3, 0.4) is 0 Å². The number of pyridine rings is 1. The smallest absolute Gasteiger partial charge is 0.283 e. The first-order valence-corrected chi connectivity index (χ1v) is 13.4. The van der Waals surface area contributed by atoms with Gasteiger partial charge in [0.25, 0.3) is 5.56 Å². The average Bonchev–Trinajstić information content (AvgIpc) is 3.28. The van der Waals surface area contributed by atoms with Crippen LogP contribution in [0.25, 0.3) is 39.4 Å². The molecular weight excluding hydrogens is 497 g/mol. The van der Waals surface area contributed by atoms with Crippen molar-refractivity contribution in [2.45, 2.75) is 50.5 Å². The van der Waals surface area contributed by atoms with Gasteiger partial charge in [-0.3, -0.25) is 4.79 Å². The summed E-state index contributed by atoms with van der Waals surface area (Å²) in [6, 6.07) is 10.2. The van der Waals surface area contributed by atoms with Crippen molar-refractivity contribution in [2.75, 3.05) is 0 Å². The minimum Gasteiger partial charge on any atom is -0.387 e. The summed E-state index contributed by atoms with van der Waals surface area (Å²) in [5, 5.41) is 19.1. The Morgan fingerprint density at radius 3 is 2.62 bits per heavy atom. The van der Waals surface area contributed by atoms with Gasteiger partial charge >= 0.3 is 0 Å². The van der Waals surface area contributed by atoms with Crippen molar-refractivity contribution in [1.82, 2.24) is 34.3 Å². The molecule has 10 heteroatoms. The quantitative estimate of drug-likeness (QED) is 0.329. The van der Waals surface area contributed by atoms with Crippen molar-refractivity contribution in [1.29, 1.82) is 0 Å². The third kappa shape index (κ3) is 4.24. The number of aliphatic hydroxyl groups excluding tert-OH is 1. The summed E-state index contributed by atoms with van der Waals surface area (Å²) in [4.78, 5) is 26.2. The second kappa shape index (κ2) is 9.23. The molecule has 0 bridgehead atoms. The minimum absolute atomic E-state index is 0.193. The number of aryl methyl sites for hydroxylation is 1. The standard InChI is InChI=1S/C29H28FN7O2/c1-36-15-32-35-28(36)21-12-19(30)8-9-20(21)18-10-22(16-6-7-16)33-25(11-18)37-14-31-23-13-24(34-26(23)29(37)39)27(38)17-4-2-3-5-17/h8-17,27,34,38H,2-7H2,1H3. The number of nitrogens with one attached hydrogen (secondary N) is 1. The zero-order valence-electron chi connectivity index (χ0n) is 21.5. The van der Waals surface area contributed by atoms with Gasteiger partial charge in [0.05, 0.1) is 11.6 Å². The molecule has 1 unspecified atom stereocenters. The van der Waals surface area contributed by atoms with Gasteiger partial charge in [0.2, 0.25) is 0 Å². The molecule has 5 aromatic rings. The monoisotopic (exact) mass is 525 g/mol. The van der Waals surface area contributed by atoms with Crippen LogP contribution in [-0.2, 0) is 7.05 Å². The summed E-state index contributed by atoms with van der Waals surface area (Å²) in [5.41, 5.74) is 4.24. The molecule has 1 atom stereocenters. The second-order valence-corrected chi connectivity index (χ2v) is 10.8. The van der Waals surface area contributed by atoms with E-state index in [0.717, 1.165) is 55.3 Å². The molecule has 0 spiro atoms. The van der Waals surface area contributed by atoms with Gasteiger partial charge in [0.15, 0.2) is 5.82 Å². The van der Waals surface area contributed by atoms with Gasteiger partial charge in [-0.25, -0.2) is 18.9 Å². The van der Waals surface area contributed by atoms with Gasteiger partial charge in [0, 0.05) is 29.9 Å². The Morgan fingerprint density at radius 2 is 1.87 bits per heavy atom. The van der Waals surface area contributed by atoms with E-state index in [1.165, 1.54) is 23.0 Å². The van der Waals surface area contributed by atoms with Crippen molar-refractivity contribution in [3.8, 4) is 28.3 Å². The predicted octanol–water partition coefficient (Wildman–Crippen LogP) is 4.81. The maximum absolute atomic E-state index is 14.4. The van der Waals surface area contributed by atoms with Crippen LogP contribution in [0.5, 0.6) is 0 Å². The SMILES string of the molecule is Cn1cnnc1-c1cc(F)ccc1-c1cc(C2CC2)nc(-n2cnc3cc(C(O)C4CCCC4)[nH]c3c2=O)c1. The first kappa shape index (κ1) is 23.9. The molecule has 0 saturated heterocycles. The van der Waals surface area contributed by atoms with Crippen LogP contribution in [0, 0.1) is 11.7 Å². The molecule has 2 aliphatic carbocycles. The minimum atomic E-state index is -0.644. The number of aliphatic hydroxyl groups is 1. The third-order valence-electron chi connectivity index (χ3n) is 8.05. The van der Waals surface area contributed by atoms with Crippen LogP contribution >= 0.6 is 0 Å². The molecule has 9 nitrogen and oxygen atoms in total. The van der Waals surface area contributed by atoms with Crippen molar-refractivity contribution in [3.05, 3.63) is 76.6 Å². The lowest BCUT2D eigenvalue weighted by molar-refractivity contribution is 0.108. The van der Waals surface area contributed by atoms with Gasteiger partial charge in [0.1, 0.15) is 29.8 Å². The lowest BCUT2D eigenvalue weighted by Crippen LogP contribution is -2.20. The summed E-state index contributed by atoms with van der Waals surface area (Å²) in [6.45, 7) is 0. The molecule has 0 amide bonds. The Hall–Kier alpha value is -4.18. The molecule has 1 aromatic carbocycles. The van der Waals surface area contributed by atoms with Gasteiger partial charge in [-0.15, -0.1) is 10.2 Å². The summed E-state index contributed by atoms with van der Waals surface area (Å²) < 4.78 is 17.5. The van der Waals surface area contributed by atoms with Crippen LogP contribution in [0.15, 0.2) is 53.8 Å². The second-order valence-electron chi connectivity index (χ2n) is 10.8. The van der Waals surface area contributed by atoms with Crippen molar-refractivity contribution in [3.63, 3.8) is 0 Å². The van der Waals surface area contributed by atoms with Crippen LogP contribution in [0.4, 0.5) is 4.39 Å². The van der Waals surface area contributed by atoms with E-state index in [0.29, 0.717) is 39.9 Å². The normalized spacial score (nSPS) is 16.8. The number of nitrogens with zero attached hydrogens (tertiary/aromatic N) is 6. The molecule has 0 radical (unpaired) electrons. The maximum atomic E-state index is 14.4. The average molecular weight is 526 g/mol. The summed E-state index contributed by atoms with van der Waals surface area (Å²) in [6.07, 6.45) is 8.67. The molecule has 7 rings (SSSR count). The van der Waals surface area contributed by atoms with E-state index in [1.807, 2.05) is 19.2 Å². The van der Waals surface area contributed by atoms with E-state index in [2.05, 4.69) is 20.2 Å². The summed E-state index contributed by atoms with van der Waals surface area (Å²) in [7, 11) is 1.81. The third-order valence-corrected chi connectivity index (χ3v) is 8.05. The highest BCUT2D eigenvalue weighted by molar-refractivity contribution is 5.82. The van der Waals surface area contributed by atoms with E-state index in [-0.39, 0.29) is 17.3 Å². The lowest BCUT2D eigenvalue weighted by Gasteiger charge is -2.15. The Labute approximate surface area is 223 Å². The molecule has 2 aliphatic rings. The van der Waals surface area contributed by atoms with Crippen LogP contribution < -0.4 is 5.56 Å². The number of rotatable bonds is 6. The molecule has 39 heavy (non-hydrogen) atoms. The van der Waals surface area contributed by atoms with E-state index in [4.69, 9.17) is 4.98 Å². The Balaban J connectivity index is 1.35. The lowest BCUT2D eigenvalue weighted by atomic mass is 9.98. The van der Waals surface area contributed by atoms with Gasteiger partial charge in [-0.1, -0.05) is 18.9 Å². The van der Waals surface area contributed by atoms with Crippen LogP contribution in [-0.4, -0.2) is 39.4 Å². The van der Waals surface area contributed by atoms with Crippen molar-refractivity contribution < 1.29 is 9.50 Å². The van der Waals surface area contributed by atoms with E-state index in [1.54, 1.807) is 23.0 Å². The number of H-pyrrole nitrogens is 1. The first-order chi connectivity index (χ1) is 19.0. The number of aromatic nitrogens is 7. The highest BCUT2D eigenvalue weighted by Crippen LogP contribution is 2.42. The Bertz CT molecular complexity index is 1760. The van der Waals surface area contributed by atoms with E-state index >= 15 is 0 Å². The maximum Gasteiger partial charge on any atom is 0.283 e. The number of aromatic amines is 1. The first-order valence-electron chi connectivity index (χ1n) is 13.4. The fourth-order valence-corrected chi connectivity index (χ4v) is 5.76. The zero-order valence-corrected chi connectivity index (χ0v) is 21.5. The molecule has 2 saturated carbocycles. The van der Waals surface area contributed by atoms with E-state index in [9.17, 15) is 14.3 Å². The number of halogens is 1. The fourth-order valence-electron chi connectivity index (χ4n) is 5.76. The number of hydrogen-bond acceptors (Lipinski definition) is 6. The van der Waals surface area contributed by atoms with Gasteiger partial charge in [-0.05, 0) is 73.1 Å². The Morgan fingerprint density at radius 1 is 1.05 bits per heavy atom. The summed E-state index contributed by atoms with van der Waals surface area (Å²) >= 11 is 0. The van der Waals surface area contributed by atoms with Crippen molar-refractivity contribution in [2.24, 2.45) is 13.0 Å². The number of hydrogen-bond donors (Lipinski definition) is 2. The van der Waals surface area contributed by atoms with Crippen LogP contribution in [0.2, 0.25) is 0 Å². The fraction of sp³-hybridized carbons (Fsp3) is 0.345. The number of benzene rings is 1. The largest absolute Gasteiger partial charge is 0.387 e. The topological polar surface area (TPSA) is 115 Å². The van der Waals surface area contributed by atoms with Gasteiger partial charge in [-0.2, -0.15) is 0 Å². The van der Waals surface area contributed by atoms with Gasteiger partial charge < -0.3 is 14.7 Å². The summed E-state index contributed by atoms with van der Waals surface area (Å²) in [5.74, 6) is 1.11. The number of fused-ring (bicyclic) bond motifs is 1. The molecular formula is C29H28FN7O2. The molecule has 4 heterocycles. The molecule has 198 valence electrons. The molecule has 2 N–H and O–H groups in total. The molecule has 4 aromatic heterocycles.